The van der Waals surface area contributed by atoms with Crippen LogP contribution in [0, 0.1) is 0 Å². The first kappa shape index (κ1) is 11.0. The maximum absolute atomic E-state index is 5.39. The van der Waals surface area contributed by atoms with E-state index in [0.717, 1.165) is 15.5 Å². The summed E-state index contributed by atoms with van der Waals surface area (Å²) in [6.07, 6.45) is 1.57. The Kier molecular flexibility index (Phi) is 2.60. The first-order valence-electron chi connectivity index (χ1n) is 5.21. The highest BCUT2D eigenvalue weighted by Gasteiger charge is 2.15. The standard InChI is InChI=1S/C11H10N4O2S/c1-16-8-5-3-4-7(9(8)17-2)10-14-15-6-12-13-11(15)18-10/h3-6H,1-2H3. The normalized spacial score (nSPS) is 10.8. The predicted octanol–water partition coefficient (Wildman–Crippen LogP) is 1.87. The molecule has 3 aromatic rings. The Morgan fingerprint density at radius 3 is 2.83 bits per heavy atom. The molecule has 0 atom stereocenters. The van der Waals surface area contributed by atoms with Crippen molar-refractivity contribution >= 4 is 16.3 Å². The fourth-order valence-corrected chi connectivity index (χ4v) is 2.57. The first-order valence-corrected chi connectivity index (χ1v) is 6.03. The fraction of sp³-hybridized carbons (Fsp3) is 0.182. The van der Waals surface area contributed by atoms with Crippen LogP contribution in [0.2, 0.25) is 0 Å². The molecule has 0 aliphatic heterocycles. The predicted molar refractivity (Wildman–Crippen MR) is 67.2 cm³/mol. The molecule has 0 saturated heterocycles. The molecule has 2 heterocycles. The van der Waals surface area contributed by atoms with Gasteiger partial charge in [0.2, 0.25) is 4.96 Å². The Morgan fingerprint density at radius 2 is 2.11 bits per heavy atom. The summed E-state index contributed by atoms with van der Waals surface area (Å²) in [5, 5.41) is 13.0. The topological polar surface area (TPSA) is 61.5 Å². The van der Waals surface area contributed by atoms with E-state index >= 15 is 0 Å². The van der Waals surface area contributed by atoms with Gasteiger partial charge in [0.1, 0.15) is 6.33 Å². The maximum atomic E-state index is 5.39. The summed E-state index contributed by atoms with van der Waals surface area (Å²) in [6, 6.07) is 5.69. The second-order valence-electron chi connectivity index (χ2n) is 3.51. The van der Waals surface area contributed by atoms with Gasteiger partial charge in [0, 0.05) is 0 Å². The van der Waals surface area contributed by atoms with Crippen molar-refractivity contribution in [3.05, 3.63) is 24.5 Å². The third-order valence-electron chi connectivity index (χ3n) is 2.52. The smallest absolute Gasteiger partial charge is 0.234 e. The SMILES string of the molecule is COc1cccc(-c2nn3cnnc3s2)c1OC. The number of fused-ring (bicyclic) bond motifs is 1. The van der Waals surface area contributed by atoms with Crippen LogP contribution in [-0.4, -0.2) is 34.0 Å². The van der Waals surface area contributed by atoms with E-state index in [4.69, 9.17) is 9.47 Å². The van der Waals surface area contributed by atoms with Crippen LogP contribution < -0.4 is 9.47 Å². The largest absolute Gasteiger partial charge is 0.493 e. The number of ether oxygens (including phenoxy) is 2. The highest BCUT2D eigenvalue weighted by Crippen LogP contribution is 2.39. The molecule has 0 radical (unpaired) electrons. The molecule has 0 aliphatic carbocycles. The molecule has 0 fully saturated rings. The monoisotopic (exact) mass is 262 g/mol. The summed E-state index contributed by atoms with van der Waals surface area (Å²) in [7, 11) is 3.22. The van der Waals surface area contributed by atoms with Gasteiger partial charge in [-0.25, -0.2) is 0 Å². The number of aromatic nitrogens is 4. The number of rotatable bonds is 3. The van der Waals surface area contributed by atoms with Gasteiger partial charge in [-0.2, -0.15) is 9.61 Å². The zero-order valence-electron chi connectivity index (χ0n) is 9.82. The number of nitrogens with zero attached hydrogens (tertiary/aromatic N) is 4. The van der Waals surface area contributed by atoms with E-state index in [1.54, 1.807) is 25.1 Å². The first-order chi connectivity index (χ1) is 8.83. The lowest BCUT2D eigenvalue weighted by Gasteiger charge is -2.10. The molecule has 18 heavy (non-hydrogen) atoms. The highest BCUT2D eigenvalue weighted by atomic mass is 32.1. The van der Waals surface area contributed by atoms with Crippen LogP contribution >= 0.6 is 11.3 Å². The summed E-state index contributed by atoms with van der Waals surface area (Å²) in [4.78, 5) is 0.745. The van der Waals surface area contributed by atoms with Crippen LogP contribution in [-0.2, 0) is 0 Å². The van der Waals surface area contributed by atoms with E-state index in [2.05, 4.69) is 15.3 Å². The van der Waals surface area contributed by atoms with Gasteiger partial charge in [0.05, 0.1) is 19.8 Å². The Hall–Kier alpha value is -2.15. The van der Waals surface area contributed by atoms with Crippen molar-refractivity contribution < 1.29 is 9.47 Å². The average molecular weight is 262 g/mol. The van der Waals surface area contributed by atoms with Gasteiger partial charge in [-0.1, -0.05) is 17.4 Å². The molecule has 92 valence electrons. The maximum Gasteiger partial charge on any atom is 0.234 e. The Morgan fingerprint density at radius 1 is 1.22 bits per heavy atom. The van der Waals surface area contributed by atoms with Crippen LogP contribution in [0.1, 0.15) is 0 Å². The van der Waals surface area contributed by atoms with Crippen LogP contribution in [0.4, 0.5) is 0 Å². The lowest BCUT2D eigenvalue weighted by atomic mass is 10.2. The number of methoxy groups -OCH3 is 2. The van der Waals surface area contributed by atoms with Crippen LogP contribution in [0.25, 0.3) is 15.5 Å². The molecule has 0 unspecified atom stereocenters. The summed E-state index contributed by atoms with van der Waals surface area (Å²) in [5.74, 6) is 1.35. The van der Waals surface area contributed by atoms with Gasteiger partial charge in [0.15, 0.2) is 16.5 Å². The molecule has 6 nitrogen and oxygen atoms in total. The van der Waals surface area contributed by atoms with E-state index < -0.39 is 0 Å². The summed E-state index contributed by atoms with van der Waals surface area (Å²) in [5.41, 5.74) is 0.882. The Labute approximate surface area is 107 Å². The molecule has 1 aromatic carbocycles. The molecule has 2 aromatic heterocycles. The van der Waals surface area contributed by atoms with E-state index in [1.807, 2.05) is 18.2 Å². The number of hydrogen-bond donors (Lipinski definition) is 0. The van der Waals surface area contributed by atoms with Crippen molar-refractivity contribution in [3.8, 4) is 22.1 Å². The Balaban J connectivity index is 2.19. The second-order valence-corrected chi connectivity index (χ2v) is 4.46. The van der Waals surface area contributed by atoms with Crippen molar-refractivity contribution in [2.24, 2.45) is 0 Å². The van der Waals surface area contributed by atoms with Crippen molar-refractivity contribution in [2.45, 2.75) is 0 Å². The van der Waals surface area contributed by atoms with Gasteiger partial charge in [-0.05, 0) is 12.1 Å². The molecule has 0 bridgehead atoms. The number of benzene rings is 1. The average Bonchev–Trinajstić information content (AvgIpc) is 2.98. The van der Waals surface area contributed by atoms with Crippen LogP contribution in [0.15, 0.2) is 24.5 Å². The van der Waals surface area contributed by atoms with Gasteiger partial charge in [-0.15, -0.1) is 10.2 Å². The molecule has 0 aliphatic rings. The molecule has 3 rings (SSSR count). The van der Waals surface area contributed by atoms with Gasteiger partial charge >= 0.3 is 0 Å². The minimum absolute atomic E-state index is 0.671. The quantitative estimate of drug-likeness (QED) is 0.721. The van der Waals surface area contributed by atoms with Gasteiger partial charge in [-0.3, -0.25) is 0 Å². The molecular formula is C11H10N4O2S. The molecule has 7 heteroatoms. The van der Waals surface area contributed by atoms with Gasteiger partial charge < -0.3 is 9.47 Å². The molecule has 0 saturated carbocycles. The van der Waals surface area contributed by atoms with Crippen molar-refractivity contribution in [1.82, 2.24) is 19.8 Å². The lowest BCUT2D eigenvalue weighted by Crippen LogP contribution is -1.93. The Bertz CT molecular complexity index is 663. The van der Waals surface area contributed by atoms with Crippen LogP contribution in [0.3, 0.4) is 0 Å². The van der Waals surface area contributed by atoms with E-state index in [9.17, 15) is 0 Å². The summed E-state index contributed by atoms with van der Waals surface area (Å²) >= 11 is 1.45. The van der Waals surface area contributed by atoms with Crippen molar-refractivity contribution in [1.29, 1.82) is 0 Å². The third kappa shape index (κ3) is 1.60. The van der Waals surface area contributed by atoms with Gasteiger partial charge in [0.25, 0.3) is 0 Å². The van der Waals surface area contributed by atoms with Crippen molar-refractivity contribution in [3.63, 3.8) is 0 Å². The number of para-hydroxylation sites is 1. The minimum Gasteiger partial charge on any atom is -0.493 e. The van der Waals surface area contributed by atoms with Crippen LogP contribution in [0.5, 0.6) is 11.5 Å². The lowest BCUT2D eigenvalue weighted by molar-refractivity contribution is 0.356. The second kappa shape index (κ2) is 4.26. The summed E-state index contributed by atoms with van der Waals surface area (Å²) in [6.45, 7) is 0. The number of hydrogen-bond acceptors (Lipinski definition) is 6. The minimum atomic E-state index is 0.671. The molecule has 0 spiro atoms. The molecular weight excluding hydrogens is 252 g/mol. The third-order valence-corrected chi connectivity index (χ3v) is 3.47. The fourth-order valence-electron chi connectivity index (χ4n) is 1.72. The van der Waals surface area contributed by atoms with E-state index in [0.29, 0.717) is 11.5 Å². The highest BCUT2D eigenvalue weighted by molar-refractivity contribution is 7.19. The summed E-state index contributed by atoms with van der Waals surface area (Å²) < 4.78 is 12.3. The van der Waals surface area contributed by atoms with E-state index in [1.165, 1.54) is 11.3 Å². The molecule has 0 amide bonds. The zero-order chi connectivity index (χ0) is 12.5. The van der Waals surface area contributed by atoms with Crippen molar-refractivity contribution in [2.75, 3.05) is 14.2 Å². The zero-order valence-corrected chi connectivity index (χ0v) is 10.6. The molecule has 0 N–H and O–H groups in total. The van der Waals surface area contributed by atoms with E-state index in [-0.39, 0.29) is 0 Å².